The number of nitrogens with one attached hydrogen (secondary N) is 4. The van der Waals surface area contributed by atoms with E-state index in [2.05, 4.69) is 42.3 Å². The summed E-state index contributed by atoms with van der Waals surface area (Å²) in [7, 11) is 0. The summed E-state index contributed by atoms with van der Waals surface area (Å²) in [5, 5.41) is 4.87. The first kappa shape index (κ1) is 25.5. The molecule has 0 atom stereocenters. The fourth-order valence-corrected chi connectivity index (χ4v) is 3.21. The van der Waals surface area contributed by atoms with Crippen molar-refractivity contribution in [3.05, 3.63) is 101 Å². The normalized spacial score (nSPS) is 10.7. The topological polar surface area (TPSA) is 99.3 Å². The Labute approximate surface area is 208 Å². The second-order valence-corrected chi connectivity index (χ2v) is 9.11. The molecule has 35 heavy (non-hydrogen) atoms. The Hall–Kier alpha value is -4.11. The van der Waals surface area contributed by atoms with Gasteiger partial charge in [0, 0.05) is 16.8 Å². The lowest BCUT2D eigenvalue weighted by atomic mass is 9.87. The van der Waals surface area contributed by atoms with Crippen LogP contribution in [0.15, 0.2) is 72.8 Å². The van der Waals surface area contributed by atoms with Crippen molar-refractivity contribution in [3.63, 3.8) is 0 Å². The number of hydrogen-bond donors (Lipinski definition) is 4. The molecule has 0 spiro atoms. The summed E-state index contributed by atoms with van der Waals surface area (Å²) in [4.78, 5) is 36.9. The molecular weight excluding hydrogens is 467 g/mol. The van der Waals surface area contributed by atoms with Crippen LogP contribution in [0.2, 0.25) is 0 Å². The van der Waals surface area contributed by atoms with Crippen LogP contribution in [0, 0.1) is 5.82 Å². The van der Waals surface area contributed by atoms with E-state index in [-0.39, 0.29) is 27.6 Å². The molecule has 0 unspecified atom stereocenters. The van der Waals surface area contributed by atoms with Gasteiger partial charge in [0.1, 0.15) is 5.82 Å². The SMILES string of the molecule is CC(C)(C)c1ccc(C(=O)Nc2ccc(C(=O)NNC(=S)NC(=O)c3ccccc3F)cc2)cc1. The van der Waals surface area contributed by atoms with E-state index in [1.807, 2.05) is 12.1 Å². The quantitative estimate of drug-likeness (QED) is 0.321. The number of thiocarbonyl (C=S) groups is 1. The number of hydrogen-bond acceptors (Lipinski definition) is 4. The second kappa shape index (κ2) is 10.9. The molecule has 3 aromatic carbocycles. The predicted molar refractivity (Wildman–Crippen MR) is 137 cm³/mol. The van der Waals surface area contributed by atoms with Gasteiger partial charge >= 0.3 is 0 Å². The van der Waals surface area contributed by atoms with Gasteiger partial charge in [-0.2, -0.15) is 0 Å². The van der Waals surface area contributed by atoms with Crippen molar-refractivity contribution in [1.82, 2.24) is 16.2 Å². The van der Waals surface area contributed by atoms with Gasteiger partial charge in [0.15, 0.2) is 5.11 Å². The smallest absolute Gasteiger partial charge is 0.269 e. The Bertz CT molecular complexity index is 1250. The van der Waals surface area contributed by atoms with E-state index in [4.69, 9.17) is 12.2 Å². The number of rotatable bonds is 4. The Morgan fingerprint density at radius 2 is 1.31 bits per heavy atom. The highest BCUT2D eigenvalue weighted by atomic mass is 32.1. The van der Waals surface area contributed by atoms with Gasteiger partial charge in [-0.1, -0.05) is 45.0 Å². The summed E-state index contributed by atoms with van der Waals surface area (Å²) in [5.74, 6) is -2.22. The number of halogens is 1. The van der Waals surface area contributed by atoms with Crippen molar-refractivity contribution in [1.29, 1.82) is 0 Å². The van der Waals surface area contributed by atoms with Crippen LogP contribution in [0.4, 0.5) is 10.1 Å². The average Bonchev–Trinajstić information content (AvgIpc) is 2.82. The highest BCUT2D eigenvalue weighted by molar-refractivity contribution is 7.80. The minimum absolute atomic E-state index is 0.00455. The first-order valence-electron chi connectivity index (χ1n) is 10.7. The van der Waals surface area contributed by atoms with Gasteiger partial charge in [0.2, 0.25) is 0 Å². The molecule has 3 amide bonds. The minimum atomic E-state index is -0.747. The molecule has 0 heterocycles. The van der Waals surface area contributed by atoms with E-state index >= 15 is 0 Å². The van der Waals surface area contributed by atoms with Crippen LogP contribution < -0.4 is 21.5 Å². The van der Waals surface area contributed by atoms with Gasteiger partial charge < -0.3 is 5.32 Å². The van der Waals surface area contributed by atoms with Crippen molar-refractivity contribution >= 4 is 40.7 Å². The van der Waals surface area contributed by atoms with Gasteiger partial charge in [0.25, 0.3) is 17.7 Å². The van der Waals surface area contributed by atoms with E-state index in [0.717, 1.165) is 11.6 Å². The van der Waals surface area contributed by atoms with Crippen molar-refractivity contribution in [2.24, 2.45) is 0 Å². The molecular formula is C26H25FN4O3S. The summed E-state index contributed by atoms with van der Waals surface area (Å²) in [5.41, 5.74) is 7.02. The number of carbonyl (C=O) groups excluding carboxylic acids is 3. The highest BCUT2D eigenvalue weighted by Crippen LogP contribution is 2.22. The molecule has 0 bridgehead atoms. The molecule has 4 N–H and O–H groups in total. The Balaban J connectivity index is 1.51. The molecule has 0 aliphatic heterocycles. The second-order valence-electron chi connectivity index (χ2n) is 8.70. The largest absolute Gasteiger partial charge is 0.322 e. The van der Waals surface area contributed by atoms with Crippen LogP contribution in [0.25, 0.3) is 0 Å². The summed E-state index contributed by atoms with van der Waals surface area (Å²) in [6.45, 7) is 6.31. The molecule has 0 aromatic heterocycles. The van der Waals surface area contributed by atoms with E-state index < -0.39 is 17.6 Å². The summed E-state index contributed by atoms with van der Waals surface area (Å²) in [6.07, 6.45) is 0. The van der Waals surface area contributed by atoms with Crippen molar-refractivity contribution in [2.45, 2.75) is 26.2 Å². The van der Waals surface area contributed by atoms with Gasteiger partial charge in [-0.15, -0.1) is 0 Å². The zero-order chi connectivity index (χ0) is 25.6. The molecule has 0 saturated carbocycles. The van der Waals surface area contributed by atoms with Crippen LogP contribution in [0.5, 0.6) is 0 Å². The van der Waals surface area contributed by atoms with Crippen molar-refractivity contribution in [3.8, 4) is 0 Å². The maximum atomic E-state index is 13.7. The van der Waals surface area contributed by atoms with Crippen LogP contribution in [0.3, 0.4) is 0 Å². The first-order valence-corrected chi connectivity index (χ1v) is 11.1. The Morgan fingerprint density at radius 1 is 0.743 bits per heavy atom. The zero-order valence-corrected chi connectivity index (χ0v) is 20.3. The lowest BCUT2D eigenvalue weighted by molar-refractivity contribution is 0.0933. The lowest BCUT2D eigenvalue weighted by Crippen LogP contribution is -2.48. The van der Waals surface area contributed by atoms with E-state index in [1.165, 1.54) is 30.3 Å². The Kier molecular flexibility index (Phi) is 7.93. The monoisotopic (exact) mass is 492 g/mol. The van der Waals surface area contributed by atoms with Gasteiger partial charge in [-0.25, -0.2) is 4.39 Å². The summed E-state index contributed by atoms with van der Waals surface area (Å²) in [6, 6.07) is 19.1. The number of benzene rings is 3. The zero-order valence-electron chi connectivity index (χ0n) is 19.4. The molecule has 0 radical (unpaired) electrons. The molecule has 0 aliphatic rings. The van der Waals surface area contributed by atoms with Crippen molar-refractivity contribution < 1.29 is 18.8 Å². The van der Waals surface area contributed by atoms with Crippen LogP contribution >= 0.6 is 12.2 Å². The predicted octanol–water partition coefficient (Wildman–Crippen LogP) is 4.32. The molecule has 180 valence electrons. The molecule has 7 nitrogen and oxygen atoms in total. The van der Waals surface area contributed by atoms with Gasteiger partial charge in [-0.3, -0.25) is 30.6 Å². The summed E-state index contributed by atoms with van der Waals surface area (Å²) >= 11 is 4.96. The fraction of sp³-hybridized carbons (Fsp3) is 0.154. The third-order valence-electron chi connectivity index (χ3n) is 5.05. The number of anilines is 1. The van der Waals surface area contributed by atoms with Crippen LogP contribution in [-0.2, 0) is 5.41 Å². The minimum Gasteiger partial charge on any atom is -0.322 e. The van der Waals surface area contributed by atoms with Crippen LogP contribution in [0.1, 0.15) is 57.4 Å². The van der Waals surface area contributed by atoms with E-state index in [1.54, 1.807) is 24.3 Å². The third kappa shape index (κ3) is 6.94. The highest BCUT2D eigenvalue weighted by Gasteiger charge is 2.15. The Morgan fingerprint density at radius 3 is 1.91 bits per heavy atom. The van der Waals surface area contributed by atoms with Crippen LogP contribution in [-0.4, -0.2) is 22.8 Å². The van der Waals surface area contributed by atoms with Crippen molar-refractivity contribution in [2.75, 3.05) is 5.32 Å². The number of carbonyl (C=O) groups is 3. The molecule has 0 aliphatic carbocycles. The fourth-order valence-electron chi connectivity index (χ4n) is 3.06. The van der Waals surface area contributed by atoms with E-state index in [9.17, 15) is 18.8 Å². The maximum absolute atomic E-state index is 13.7. The molecule has 3 rings (SSSR count). The number of amides is 3. The molecule has 3 aromatic rings. The van der Waals surface area contributed by atoms with Gasteiger partial charge in [0.05, 0.1) is 5.56 Å². The van der Waals surface area contributed by atoms with Gasteiger partial charge in [-0.05, 0) is 71.7 Å². The maximum Gasteiger partial charge on any atom is 0.269 e. The van der Waals surface area contributed by atoms with E-state index in [0.29, 0.717) is 11.3 Å². The molecule has 0 fully saturated rings. The third-order valence-corrected chi connectivity index (χ3v) is 5.26. The molecule has 0 saturated heterocycles. The lowest BCUT2D eigenvalue weighted by Gasteiger charge is -2.19. The molecule has 9 heteroatoms. The summed E-state index contributed by atoms with van der Waals surface area (Å²) < 4.78 is 13.7. The average molecular weight is 493 g/mol. The first-order chi connectivity index (χ1) is 16.5. The standard InChI is InChI=1S/C26H25FN4O3S/c1-26(2,3)18-12-8-16(9-13-18)22(32)28-19-14-10-17(11-15-19)23(33)30-31-25(35)29-24(34)20-6-4-5-7-21(20)27/h4-15H,1-3H3,(H,28,32)(H,30,33)(H2,29,31,34,35). The number of hydrazine groups is 1.